The average Bonchev–Trinajstić information content (AvgIpc) is 2.68. The van der Waals surface area contributed by atoms with Crippen molar-refractivity contribution in [3.63, 3.8) is 0 Å². The van der Waals surface area contributed by atoms with Crippen LogP contribution in [0.4, 0.5) is 13.2 Å². The maximum Gasteiger partial charge on any atom is 0.573 e. The number of hydrogen-bond acceptors (Lipinski definition) is 4. The van der Waals surface area contributed by atoms with Crippen LogP contribution in [0, 0.1) is 0 Å². The van der Waals surface area contributed by atoms with E-state index in [1.165, 1.54) is 24.3 Å². The number of benzene rings is 1. The summed E-state index contributed by atoms with van der Waals surface area (Å²) in [6.45, 7) is 2.57. The number of amides is 1. The summed E-state index contributed by atoms with van der Waals surface area (Å²) in [7, 11) is -1.07. The molecule has 2 saturated heterocycles. The van der Waals surface area contributed by atoms with Gasteiger partial charge < -0.3 is 14.4 Å². The van der Waals surface area contributed by atoms with E-state index in [4.69, 9.17) is 4.74 Å². The molecule has 0 N–H and O–H groups in total. The molecule has 1 aromatic carbocycles. The Kier molecular flexibility index (Phi) is 6.82. The van der Waals surface area contributed by atoms with Gasteiger partial charge in [-0.2, -0.15) is 0 Å². The minimum atomic E-state index is -4.71. The molecule has 0 aliphatic carbocycles. The summed E-state index contributed by atoms with van der Waals surface area (Å²) < 4.78 is 60.9. The molecular weight excluding hydrogens is 397 g/mol. The van der Waals surface area contributed by atoms with Gasteiger partial charge in [0.15, 0.2) is 0 Å². The molecule has 10 heteroatoms. The van der Waals surface area contributed by atoms with Gasteiger partial charge in [0.05, 0.1) is 16.2 Å². The van der Waals surface area contributed by atoms with Crippen LogP contribution in [0.3, 0.4) is 0 Å². The Morgan fingerprint density at radius 2 is 1.54 bits per heavy atom. The number of nitrogens with zero attached hydrogens (tertiary/aromatic N) is 2. The highest BCUT2D eigenvalue weighted by Gasteiger charge is 2.32. The molecule has 2 aliphatic rings. The van der Waals surface area contributed by atoms with E-state index in [9.17, 15) is 22.2 Å². The van der Waals surface area contributed by atoms with Crippen LogP contribution in [-0.4, -0.2) is 63.7 Å². The summed E-state index contributed by atoms with van der Waals surface area (Å²) in [4.78, 5) is 12.5. The molecule has 0 bridgehead atoms. The number of piperidine rings is 2. The number of ether oxygens (including phenoxy) is 2. The minimum absolute atomic E-state index is 0.0699. The van der Waals surface area contributed by atoms with E-state index in [1.54, 1.807) is 4.90 Å². The summed E-state index contributed by atoms with van der Waals surface area (Å²) in [6.07, 6.45) is -1.07. The van der Waals surface area contributed by atoms with E-state index in [0.717, 1.165) is 19.3 Å². The molecule has 3 rings (SSSR count). The number of carbonyl (C=O) groups is 1. The fourth-order valence-corrected chi connectivity index (χ4v) is 5.04. The standard InChI is InChI=1S/C18H23F3N2O4S/c19-18(20,21)27-16-3-1-14(2-4-16)26-15-5-11-23(12-6-15)28(25)17-7-9-22(13-24)10-8-17/h1-4,13,15,17H,5-12H2. The van der Waals surface area contributed by atoms with Gasteiger partial charge in [-0.15, -0.1) is 13.2 Å². The van der Waals surface area contributed by atoms with Crippen molar-refractivity contribution in [1.29, 1.82) is 0 Å². The van der Waals surface area contributed by atoms with Crippen molar-refractivity contribution in [2.24, 2.45) is 0 Å². The smallest absolute Gasteiger partial charge is 0.490 e. The van der Waals surface area contributed by atoms with Crippen LogP contribution in [0.5, 0.6) is 11.5 Å². The number of rotatable bonds is 6. The number of halogens is 3. The monoisotopic (exact) mass is 420 g/mol. The SMILES string of the molecule is O=CN1CCC(S(=O)N2CCC(Oc3ccc(OC(F)(F)F)cc3)CC2)CC1. The Morgan fingerprint density at radius 3 is 2.07 bits per heavy atom. The Hall–Kier alpha value is -1.81. The van der Waals surface area contributed by atoms with Crippen LogP contribution in [0.15, 0.2) is 24.3 Å². The van der Waals surface area contributed by atoms with E-state index in [-0.39, 0.29) is 17.1 Å². The van der Waals surface area contributed by atoms with Gasteiger partial charge in [-0.25, -0.2) is 8.51 Å². The maximum atomic E-state index is 12.7. The van der Waals surface area contributed by atoms with E-state index in [1.807, 2.05) is 4.31 Å². The second-order valence-electron chi connectivity index (χ2n) is 6.88. The molecule has 0 spiro atoms. The minimum Gasteiger partial charge on any atom is -0.490 e. The summed E-state index contributed by atoms with van der Waals surface area (Å²) in [5, 5.41) is 0.0786. The maximum absolute atomic E-state index is 12.7. The van der Waals surface area contributed by atoms with Gasteiger partial charge in [0, 0.05) is 26.2 Å². The fraction of sp³-hybridized carbons (Fsp3) is 0.611. The topological polar surface area (TPSA) is 59.1 Å². The number of likely N-dealkylation sites (tertiary alicyclic amines) is 1. The van der Waals surface area contributed by atoms with Crippen LogP contribution < -0.4 is 9.47 Å². The summed E-state index contributed by atoms with van der Waals surface area (Å²) >= 11 is 0. The number of carbonyl (C=O) groups excluding carboxylic acids is 1. The zero-order chi connectivity index (χ0) is 20.1. The Bertz CT molecular complexity index is 670. The lowest BCUT2D eigenvalue weighted by molar-refractivity contribution is -0.274. The lowest BCUT2D eigenvalue weighted by atomic mass is 10.1. The molecule has 1 aromatic rings. The van der Waals surface area contributed by atoms with Gasteiger partial charge in [-0.3, -0.25) is 4.79 Å². The first-order valence-electron chi connectivity index (χ1n) is 9.21. The van der Waals surface area contributed by atoms with Crippen molar-refractivity contribution in [2.75, 3.05) is 26.2 Å². The largest absolute Gasteiger partial charge is 0.573 e. The van der Waals surface area contributed by atoms with Crippen molar-refractivity contribution in [1.82, 2.24) is 9.21 Å². The highest BCUT2D eigenvalue weighted by Crippen LogP contribution is 2.27. The predicted molar refractivity (Wildman–Crippen MR) is 97.1 cm³/mol. The number of hydrogen-bond donors (Lipinski definition) is 0. The molecule has 156 valence electrons. The molecule has 1 atom stereocenters. The van der Waals surface area contributed by atoms with E-state index in [0.29, 0.717) is 44.8 Å². The van der Waals surface area contributed by atoms with Crippen LogP contribution in [-0.2, 0) is 15.8 Å². The normalized spacial score (nSPS) is 21.3. The van der Waals surface area contributed by atoms with Crippen molar-refractivity contribution in [3.05, 3.63) is 24.3 Å². The third-order valence-electron chi connectivity index (χ3n) is 4.93. The zero-order valence-electron chi connectivity index (χ0n) is 15.3. The molecule has 2 aliphatic heterocycles. The lowest BCUT2D eigenvalue weighted by Gasteiger charge is -2.35. The molecular formula is C18H23F3N2O4S. The van der Waals surface area contributed by atoms with Crippen molar-refractivity contribution < 1.29 is 31.6 Å². The van der Waals surface area contributed by atoms with Gasteiger partial charge in [0.25, 0.3) is 0 Å². The quantitative estimate of drug-likeness (QED) is 0.664. The first kappa shape index (κ1) is 20.9. The van der Waals surface area contributed by atoms with E-state index in [2.05, 4.69) is 4.74 Å². The first-order valence-corrected chi connectivity index (χ1v) is 10.4. The molecule has 0 radical (unpaired) electrons. The second kappa shape index (κ2) is 9.13. The summed E-state index contributed by atoms with van der Waals surface area (Å²) in [5.74, 6) is 0.195. The third kappa shape index (κ3) is 5.84. The van der Waals surface area contributed by atoms with Crippen molar-refractivity contribution in [2.45, 2.75) is 43.4 Å². The molecule has 1 unspecified atom stereocenters. The van der Waals surface area contributed by atoms with Crippen LogP contribution >= 0.6 is 0 Å². The Labute approximate surface area is 164 Å². The van der Waals surface area contributed by atoms with Crippen LogP contribution in [0.1, 0.15) is 25.7 Å². The fourth-order valence-electron chi connectivity index (χ4n) is 3.44. The highest BCUT2D eigenvalue weighted by atomic mass is 32.2. The van der Waals surface area contributed by atoms with E-state index >= 15 is 0 Å². The first-order chi connectivity index (χ1) is 13.3. The summed E-state index contributed by atoms with van der Waals surface area (Å²) in [5.41, 5.74) is 0. The van der Waals surface area contributed by atoms with E-state index < -0.39 is 17.3 Å². The average molecular weight is 420 g/mol. The molecule has 2 fully saturated rings. The molecule has 0 saturated carbocycles. The Morgan fingerprint density at radius 1 is 0.964 bits per heavy atom. The van der Waals surface area contributed by atoms with Gasteiger partial charge >= 0.3 is 6.36 Å². The third-order valence-corrected chi connectivity index (χ3v) is 6.84. The Balaban J connectivity index is 1.44. The molecule has 6 nitrogen and oxygen atoms in total. The number of alkyl halides is 3. The molecule has 0 aromatic heterocycles. The van der Waals surface area contributed by atoms with Crippen LogP contribution in [0.25, 0.3) is 0 Å². The van der Waals surface area contributed by atoms with Gasteiger partial charge in [-0.1, -0.05) is 0 Å². The van der Waals surface area contributed by atoms with Gasteiger partial charge in [0.1, 0.15) is 17.6 Å². The van der Waals surface area contributed by atoms with Gasteiger partial charge in [0.2, 0.25) is 6.41 Å². The van der Waals surface area contributed by atoms with Crippen molar-refractivity contribution in [3.8, 4) is 11.5 Å². The zero-order valence-corrected chi connectivity index (χ0v) is 16.1. The van der Waals surface area contributed by atoms with Gasteiger partial charge in [-0.05, 0) is 49.9 Å². The predicted octanol–water partition coefficient (Wildman–Crippen LogP) is 2.71. The second-order valence-corrected chi connectivity index (χ2v) is 8.62. The lowest BCUT2D eigenvalue weighted by Crippen LogP contribution is -2.45. The molecule has 28 heavy (non-hydrogen) atoms. The molecule has 2 heterocycles. The van der Waals surface area contributed by atoms with Crippen LogP contribution in [0.2, 0.25) is 0 Å². The molecule has 1 amide bonds. The highest BCUT2D eigenvalue weighted by molar-refractivity contribution is 7.83. The van der Waals surface area contributed by atoms with Crippen molar-refractivity contribution >= 4 is 17.4 Å². The summed E-state index contributed by atoms with van der Waals surface area (Å²) in [6, 6.07) is 5.34.